The average molecular weight is 448 g/mol. The van der Waals surface area contributed by atoms with E-state index in [1.54, 1.807) is 50.0 Å². The minimum absolute atomic E-state index is 0.0468. The van der Waals surface area contributed by atoms with Gasteiger partial charge in [-0.2, -0.15) is 13.2 Å². The Morgan fingerprint density at radius 1 is 1.17 bits per heavy atom. The molecule has 6 nitrogen and oxygen atoms in total. The second-order valence-electron chi connectivity index (χ2n) is 8.25. The molecule has 168 valence electrons. The van der Waals surface area contributed by atoms with Gasteiger partial charge >= 0.3 is 18.2 Å². The van der Waals surface area contributed by atoms with Gasteiger partial charge in [0.25, 0.3) is 0 Å². The predicted octanol–water partition coefficient (Wildman–Crippen LogP) is 4.36. The fraction of sp³-hybridized carbons (Fsp3) is 0.600. The monoisotopic (exact) mass is 447 g/mol. The van der Waals surface area contributed by atoms with Crippen LogP contribution >= 0.6 is 0 Å². The van der Waals surface area contributed by atoms with Crippen molar-refractivity contribution in [2.24, 2.45) is 5.92 Å². The van der Waals surface area contributed by atoms with E-state index in [-0.39, 0.29) is 26.0 Å². The number of amides is 1. The number of piperidine rings is 1. The van der Waals surface area contributed by atoms with Crippen LogP contribution < -0.4 is 0 Å². The summed E-state index contributed by atoms with van der Waals surface area (Å²) >= 11 is 0. The van der Waals surface area contributed by atoms with E-state index >= 15 is 0 Å². The molecule has 30 heavy (non-hydrogen) atoms. The number of esters is 1. The lowest BCUT2D eigenvalue weighted by molar-refractivity contribution is -0.217. The highest BCUT2D eigenvalue weighted by Crippen LogP contribution is 2.36. The van der Waals surface area contributed by atoms with Crippen LogP contribution in [0.3, 0.4) is 0 Å². The molecule has 1 amide bonds. The Morgan fingerprint density at radius 2 is 1.80 bits per heavy atom. The van der Waals surface area contributed by atoms with Crippen LogP contribution in [0, 0.1) is 5.92 Å². The first-order chi connectivity index (χ1) is 13.9. The molecule has 0 aliphatic carbocycles. The topological polar surface area (TPSA) is 65.1 Å². The molecule has 1 aromatic rings. The van der Waals surface area contributed by atoms with Crippen molar-refractivity contribution in [1.29, 1.82) is 0 Å². The van der Waals surface area contributed by atoms with Gasteiger partial charge in [-0.1, -0.05) is 30.3 Å². The second kappa shape index (κ2) is 9.82. The molecular formula is C20H28F3NO5Si. The first-order valence-electron chi connectivity index (χ1n) is 9.72. The van der Waals surface area contributed by atoms with Crippen molar-refractivity contribution in [2.45, 2.75) is 57.4 Å². The highest BCUT2D eigenvalue weighted by Gasteiger charge is 2.52. The summed E-state index contributed by atoms with van der Waals surface area (Å²) in [7, 11) is -1.38. The van der Waals surface area contributed by atoms with Crippen molar-refractivity contribution < 1.29 is 36.7 Å². The summed E-state index contributed by atoms with van der Waals surface area (Å²) in [6.45, 7) is 4.67. The Balaban J connectivity index is 2.26. The molecule has 1 fully saturated rings. The molecule has 0 bridgehead atoms. The highest BCUT2D eigenvalue weighted by atomic mass is 28.4. The maximum Gasteiger partial charge on any atom is 0.415 e. The Hall–Kier alpha value is -2.07. The molecule has 1 aliphatic heterocycles. The van der Waals surface area contributed by atoms with Crippen molar-refractivity contribution in [3.63, 3.8) is 0 Å². The first kappa shape index (κ1) is 24.2. The molecule has 0 aromatic heterocycles. The Kier molecular flexibility index (Phi) is 7.92. The van der Waals surface area contributed by atoms with Gasteiger partial charge in [-0.3, -0.25) is 4.79 Å². The van der Waals surface area contributed by atoms with Crippen LogP contribution in [0.2, 0.25) is 19.6 Å². The maximum absolute atomic E-state index is 13.9. The van der Waals surface area contributed by atoms with E-state index in [9.17, 15) is 22.8 Å². The number of ether oxygens (including phenoxy) is 2. The number of carbonyl (C=O) groups excluding carboxylic acids is 2. The van der Waals surface area contributed by atoms with Crippen LogP contribution in [0.25, 0.3) is 0 Å². The van der Waals surface area contributed by atoms with Gasteiger partial charge in [0.05, 0.1) is 19.1 Å². The standard InChI is InChI=1S/C20H28F3NO5Si/c1-27-18(25)15-10-11-16(17(20(21,22)23)29-30(2,3)4)24(12-15)19(26)28-13-14-8-6-5-7-9-14/h5-9,15-17H,10-13H2,1-4H3/t15-,16+,17-/m1/s1. The van der Waals surface area contributed by atoms with E-state index in [1.165, 1.54) is 7.11 Å². The zero-order valence-electron chi connectivity index (χ0n) is 17.6. The van der Waals surface area contributed by atoms with Crippen LogP contribution in [0.5, 0.6) is 0 Å². The lowest BCUT2D eigenvalue weighted by atomic mass is 9.90. The summed E-state index contributed by atoms with van der Waals surface area (Å²) < 4.78 is 57.1. The normalized spacial score (nSPS) is 21.1. The van der Waals surface area contributed by atoms with Crippen molar-refractivity contribution in [2.75, 3.05) is 13.7 Å². The zero-order chi connectivity index (χ0) is 22.5. The quantitative estimate of drug-likeness (QED) is 0.479. The number of alkyl halides is 3. The summed E-state index contributed by atoms with van der Waals surface area (Å²) in [5.41, 5.74) is 0.703. The highest BCUT2D eigenvalue weighted by molar-refractivity contribution is 6.69. The minimum atomic E-state index is -4.67. The molecule has 0 radical (unpaired) electrons. The molecular weight excluding hydrogens is 419 g/mol. The van der Waals surface area contributed by atoms with Crippen LogP contribution in [0.15, 0.2) is 30.3 Å². The van der Waals surface area contributed by atoms with Gasteiger partial charge in [0.15, 0.2) is 14.4 Å². The molecule has 0 spiro atoms. The average Bonchev–Trinajstić information content (AvgIpc) is 2.68. The molecule has 10 heteroatoms. The molecule has 0 unspecified atom stereocenters. The number of methoxy groups -OCH3 is 1. The number of benzene rings is 1. The molecule has 1 saturated heterocycles. The van der Waals surface area contributed by atoms with Crippen molar-refractivity contribution >= 4 is 20.4 Å². The van der Waals surface area contributed by atoms with Gasteiger partial charge in [0, 0.05) is 6.54 Å². The van der Waals surface area contributed by atoms with E-state index in [0.717, 1.165) is 4.90 Å². The second-order valence-corrected chi connectivity index (χ2v) is 12.7. The van der Waals surface area contributed by atoms with Crippen LogP contribution in [0.1, 0.15) is 18.4 Å². The van der Waals surface area contributed by atoms with Gasteiger partial charge in [-0.25, -0.2) is 4.79 Å². The van der Waals surface area contributed by atoms with Gasteiger partial charge < -0.3 is 18.8 Å². The van der Waals surface area contributed by atoms with E-state index < -0.39 is 44.6 Å². The SMILES string of the molecule is COC(=O)[C@@H]1CC[C@@H]([C@@H](O[Si](C)(C)C)C(F)(F)F)N(C(=O)OCc2ccccc2)C1. The molecule has 3 atom stereocenters. The van der Waals surface area contributed by atoms with Gasteiger partial charge in [0.1, 0.15) is 6.61 Å². The third kappa shape index (κ3) is 6.73. The molecule has 1 aromatic carbocycles. The van der Waals surface area contributed by atoms with E-state index in [1.807, 2.05) is 0 Å². The Bertz CT molecular complexity index is 723. The largest absolute Gasteiger partial charge is 0.469 e. The van der Waals surface area contributed by atoms with Crippen molar-refractivity contribution in [1.82, 2.24) is 4.90 Å². The van der Waals surface area contributed by atoms with Gasteiger partial charge in [0.2, 0.25) is 0 Å². The fourth-order valence-electron chi connectivity index (χ4n) is 3.42. The summed E-state index contributed by atoms with van der Waals surface area (Å²) in [5, 5.41) is 0. The molecule has 0 saturated carbocycles. The number of hydrogen-bond donors (Lipinski definition) is 0. The summed E-state index contributed by atoms with van der Waals surface area (Å²) in [5.74, 6) is -1.28. The summed E-state index contributed by atoms with van der Waals surface area (Å²) in [6.07, 6.45) is -7.60. The Morgan fingerprint density at radius 3 is 2.33 bits per heavy atom. The van der Waals surface area contributed by atoms with E-state index in [0.29, 0.717) is 5.56 Å². The summed E-state index contributed by atoms with van der Waals surface area (Å²) in [6, 6.07) is 7.54. The molecule has 2 rings (SSSR count). The van der Waals surface area contributed by atoms with E-state index in [4.69, 9.17) is 13.9 Å². The van der Waals surface area contributed by atoms with Crippen LogP contribution in [-0.4, -0.2) is 57.3 Å². The van der Waals surface area contributed by atoms with Crippen LogP contribution in [0.4, 0.5) is 18.0 Å². The summed E-state index contributed by atoms with van der Waals surface area (Å²) in [4.78, 5) is 25.7. The van der Waals surface area contributed by atoms with Gasteiger partial charge in [-0.15, -0.1) is 0 Å². The first-order valence-corrected chi connectivity index (χ1v) is 13.1. The van der Waals surface area contributed by atoms with E-state index in [2.05, 4.69) is 0 Å². The van der Waals surface area contributed by atoms with Gasteiger partial charge in [-0.05, 0) is 38.0 Å². The number of hydrogen-bond acceptors (Lipinski definition) is 5. The fourth-order valence-corrected chi connectivity index (χ4v) is 4.47. The zero-order valence-corrected chi connectivity index (χ0v) is 18.6. The van der Waals surface area contributed by atoms with Crippen molar-refractivity contribution in [3.8, 4) is 0 Å². The molecule has 0 N–H and O–H groups in total. The van der Waals surface area contributed by atoms with Crippen molar-refractivity contribution in [3.05, 3.63) is 35.9 Å². The number of rotatable bonds is 6. The third-order valence-electron chi connectivity index (χ3n) is 4.76. The number of likely N-dealkylation sites (tertiary alicyclic amines) is 1. The minimum Gasteiger partial charge on any atom is -0.469 e. The third-order valence-corrected chi connectivity index (χ3v) is 5.72. The smallest absolute Gasteiger partial charge is 0.415 e. The predicted molar refractivity (Wildman–Crippen MR) is 106 cm³/mol. The maximum atomic E-state index is 13.9. The Labute approximate surface area is 175 Å². The molecule has 1 heterocycles. The van der Waals surface area contributed by atoms with Crippen LogP contribution in [-0.2, 0) is 25.3 Å². The lowest BCUT2D eigenvalue weighted by Gasteiger charge is -2.43. The number of nitrogens with zero attached hydrogens (tertiary/aromatic N) is 1. The lowest BCUT2D eigenvalue weighted by Crippen LogP contribution is -2.59. The molecule has 1 aliphatic rings. The number of carbonyl (C=O) groups is 2. The number of halogens is 3.